The first-order valence-electron chi connectivity index (χ1n) is 6.64. The summed E-state index contributed by atoms with van der Waals surface area (Å²) >= 11 is 1.87. The van der Waals surface area contributed by atoms with E-state index in [1.807, 2.05) is 11.8 Å². The zero-order valence-electron chi connectivity index (χ0n) is 12.1. The lowest BCUT2D eigenvalue weighted by molar-refractivity contribution is -0.116. The SMILES string of the molecule is CN(C)CCSCCCC(=O)Nc1cccc(C#N)c1. The second kappa shape index (κ2) is 9.40. The van der Waals surface area contributed by atoms with Crippen LogP contribution in [0.2, 0.25) is 0 Å². The van der Waals surface area contributed by atoms with Crippen molar-refractivity contribution in [3.05, 3.63) is 29.8 Å². The van der Waals surface area contributed by atoms with E-state index in [1.165, 1.54) is 0 Å². The molecule has 0 fully saturated rings. The predicted octanol–water partition coefficient (Wildman–Crippen LogP) is 2.57. The van der Waals surface area contributed by atoms with E-state index < -0.39 is 0 Å². The van der Waals surface area contributed by atoms with E-state index in [-0.39, 0.29) is 5.91 Å². The minimum atomic E-state index is 0.00768. The number of carbonyl (C=O) groups is 1. The first-order chi connectivity index (χ1) is 9.61. The Morgan fingerprint density at radius 2 is 2.20 bits per heavy atom. The third-order valence-corrected chi connectivity index (χ3v) is 3.70. The van der Waals surface area contributed by atoms with Crippen molar-refractivity contribution in [2.45, 2.75) is 12.8 Å². The van der Waals surface area contributed by atoms with Gasteiger partial charge in [0.1, 0.15) is 0 Å². The number of thioether (sulfide) groups is 1. The molecule has 1 rings (SSSR count). The first-order valence-corrected chi connectivity index (χ1v) is 7.80. The van der Waals surface area contributed by atoms with E-state index in [4.69, 9.17) is 5.26 Å². The van der Waals surface area contributed by atoms with Gasteiger partial charge in [-0.15, -0.1) is 0 Å². The molecule has 0 aliphatic carbocycles. The summed E-state index contributed by atoms with van der Waals surface area (Å²) < 4.78 is 0. The molecule has 0 atom stereocenters. The Morgan fingerprint density at radius 3 is 2.90 bits per heavy atom. The number of nitrogens with zero attached hydrogens (tertiary/aromatic N) is 2. The Bertz CT molecular complexity index is 468. The van der Waals surface area contributed by atoms with E-state index in [1.54, 1.807) is 24.3 Å². The van der Waals surface area contributed by atoms with Crippen LogP contribution in [-0.2, 0) is 4.79 Å². The molecule has 4 nitrogen and oxygen atoms in total. The molecule has 1 amide bonds. The third kappa shape index (κ3) is 7.17. The van der Waals surface area contributed by atoms with Gasteiger partial charge in [0, 0.05) is 24.4 Å². The maximum Gasteiger partial charge on any atom is 0.224 e. The average Bonchev–Trinajstić information content (AvgIpc) is 2.42. The Labute approximate surface area is 125 Å². The minimum absolute atomic E-state index is 0.00768. The van der Waals surface area contributed by atoms with Crippen LogP contribution in [0, 0.1) is 11.3 Å². The summed E-state index contributed by atoms with van der Waals surface area (Å²) in [6, 6.07) is 9.03. The van der Waals surface area contributed by atoms with Gasteiger partial charge in [0.25, 0.3) is 0 Å². The van der Waals surface area contributed by atoms with Gasteiger partial charge in [-0.1, -0.05) is 6.07 Å². The van der Waals surface area contributed by atoms with Gasteiger partial charge in [-0.05, 0) is 44.5 Å². The van der Waals surface area contributed by atoms with Gasteiger partial charge in [0.2, 0.25) is 5.91 Å². The molecule has 0 aliphatic heterocycles. The summed E-state index contributed by atoms with van der Waals surface area (Å²) in [6.45, 7) is 1.07. The van der Waals surface area contributed by atoms with Crippen molar-refractivity contribution in [1.82, 2.24) is 4.90 Å². The van der Waals surface area contributed by atoms with Gasteiger partial charge < -0.3 is 10.2 Å². The van der Waals surface area contributed by atoms with Crippen molar-refractivity contribution >= 4 is 23.4 Å². The van der Waals surface area contributed by atoms with Crippen molar-refractivity contribution in [3.8, 4) is 6.07 Å². The highest BCUT2D eigenvalue weighted by Gasteiger charge is 2.03. The van der Waals surface area contributed by atoms with Crippen LogP contribution in [0.5, 0.6) is 0 Å². The van der Waals surface area contributed by atoms with Gasteiger partial charge in [-0.25, -0.2) is 0 Å². The fourth-order valence-electron chi connectivity index (χ4n) is 1.57. The van der Waals surface area contributed by atoms with Crippen LogP contribution < -0.4 is 5.32 Å². The molecule has 0 unspecified atom stereocenters. The van der Waals surface area contributed by atoms with Crippen LogP contribution in [0.25, 0.3) is 0 Å². The molecule has 108 valence electrons. The minimum Gasteiger partial charge on any atom is -0.326 e. The van der Waals surface area contributed by atoms with Crippen LogP contribution in [0.4, 0.5) is 5.69 Å². The van der Waals surface area contributed by atoms with Gasteiger partial charge in [-0.2, -0.15) is 17.0 Å². The topological polar surface area (TPSA) is 56.1 Å². The smallest absolute Gasteiger partial charge is 0.224 e. The molecule has 0 spiro atoms. The van der Waals surface area contributed by atoms with Crippen LogP contribution in [0.1, 0.15) is 18.4 Å². The number of carbonyl (C=O) groups excluding carboxylic acids is 1. The molecule has 0 aliphatic rings. The highest BCUT2D eigenvalue weighted by molar-refractivity contribution is 7.99. The largest absolute Gasteiger partial charge is 0.326 e. The Kier molecular flexibility index (Phi) is 7.78. The summed E-state index contributed by atoms with van der Waals surface area (Å²) in [5.74, 6) is 2.10. The molecule has 5 heteroatoms. The number of benzene rings is 1. The second-order valence-corrected chi connectivity index (χ2v) is 5.98. The first kappa shape index (κ1) is 16.5. The van der Waals surface area contributed by atoms with Gasteiger partial charge in [0.05, 0.1) is 11.6 Å². The number of hydrogen-bond acceptors (Lipinski definition) is 4. The van der Waals surface area contributed by atoms with E-state index in [0.717, 1.165) is 24.5 Å². The predicted molar refractivity (Wildman–Crippen MR) is 84.9 cm³/mol. The Balaban J connectivity index is 2.19. The van der Waals surface area contributed by atoms with Gasteiger partial charge in [-0.3, -0.25) is 4.79 Å². The zero-order chi connectivity index (χ0) is 14.8. The van der Waals surface area contributed by atoms with Crippen molar-refractivity contribution in [2.24, 2.45) is 0 Å². The third-order valence-electron chi connectivity index (χ3n) is 2.65. The standard InChI is InChI=1S/C15H21N3OS/c1-18(2)8-10-20-9-4-7-15(19)17-14-6-3-5-13(11-14)12-16/h3,5-6,11H,4,7-10H2,1-2H3,(H,17,19). The second-order valence-electron chi connectivity index (χ2n) is 4.76. The van der Waals surface area contributed by atoms with Crippen LogP contribution in [-0.4, -0.2) is 43.0 Å². The lowest BCUT2D eigenvalue weighted by Crippen LogP contribution is -2.15. The van der Waals surface area contributed by atoms with Gasteiger partial charge in [0.15, 0.2) is 0 Å². The number of nitriles is 1. The van der Waals surface area contributed by atoms with E-state index in [2.05, 4.69) is 30.4 Å². The maximum absolute atomic E-state index is 11.7. The molecule has 1 aromatic rings. The molecule has 0 radical (unpaired) electrons. The Hall–Kier alpha value is -1.51. The average molecular weight is 291 g/mol. The van der Waals surface area contributed by atoms with Crippen molar-refractivity contribution in [1.29, 1.82) is 5.26 Å². The zero-order valence-corrected chi connectivity index (χ0v) is 12.9. The summed E-state index contributed by atoms with van der Waals surface area (Å²) in [5, 5.41) is 11.6. The monoisotopic (exact) mass is 291 g/mol. The summed E-state index contributed by atoms with van der Waals surface area (Å²) in [4.78, 5) is 13.9. The van der Waals surface area contributed by atoms with E-state index in [0.29, 0.717) is 17.7 Å². The van der Waals surface area contributed by atoms with Crippen molar-refractivity contribution in [3.63, 3.8) is 0 Å². The number of rotatable bonds is 8. The molecule has 1 N–H and O–H groups in total. The fraction of sp³-hybridized carbons (Fsp3) is 0.467. The number of anilines is 1. The number of nitrogens with one attached hydrogen (secondary N) is 1. The molecule has 0 heterocycles. The number of amides is 1. The molecular weight excluding hydrogens is 270 g/mol. The van der Waals surface area contributed by atoms with Crippen LogP contribution in [0.3, 0.4) is 0 Å². The molecule has 20 heavy (non-hydrogen) atoms. The van der Waals surface area contributed by atoms with Crippen LogP contribution in [0.15, 0.2) is 24.3 Å². The lowest BCUT2D eigenvalue weighted by atomic mass is 10.2. The lowest BCUT2D eigenvalue weighted by Gasteiger charge is -2.08. The molecule has 0 bridgehead atoms. The van der Waals surface area contributed by atoms with Crippen LogP contribution >= 0.6 is 11.8 Å². The van der Waals surface area contributed by atoms with Crippen molar-refractivity contribution in [2.75, 3.05) is 37.5 Å². The normalized spacial score (nSPS) is 10.3. The highest BCUT2D eigenvalue weighted by Crippen LogP contribution is 2.11. The highest BCUT2D eigenvalue weighted by atomic mass is 32.2. The van der Waals surface area contributed by atoms with Gasteiger partial charge >= 0.3 is 0 Å². The quantitative estimate of drug-likeness (QED) is 0.748. The summed E-state index contributed by atoms with van der Waals surface area (Å²) in [6.07, 6.45) is 1.40. The summed E-state index contributed by atoms with van der Waals surface area (Å²) in [5.41, 5.74) is 1.25. The van der Waals surface area contributed by atoms with E-state index in [9.17, 15) is 4.79 Å². The maximum atomic E-state index is 11.7. The Morgan fingerprint density at radius 1 is 1.40 bits per heavy atom. The van der Waals surface area contributed by atoms with E-state index >= 15 is 0 Å². The molecule has 0 saturated carbocycles. The molecular formula is C15H21N3OS. The molecule has 1 aromatic carbocycles. The number of hydrogen-bond donors (Lipinski definition) is 1. The molecule has 0 aromatic heterocycles. The fourth-order valence-corrected chi connectivity index (χ4v) is 2.62. The molecule has 0 saturated heterocycles. The summed E-state index contributed by atoms with van der Waals surface area (Å²) in [7, 11) is 4.12. The van der Waals surface area contributed by atoms with Crippen molar-refractivity contribution < 1.29 is 4.79 Å².